The van der Waals surface area contributed by atoms with Crippen molar-refractivity contribution in [3.8, 4) is 5.75 Å². The van der Waals surface area contributed by atoms with Gasteiger partial charge in [-0.15, -0.1) is 0 Å². The molecule has 1 fully saturated rings. The van der Waals surface area contributed by atoms with Gasteiger partial charge in [0.25, 0.3) is 5.56 Å². The van der Waals surface area contributed by atoms with Crippen molar-refractivity contribution in [1.29, 1.82) is 0 Å². The van der Waals surface area contributed by atoms with Crippen LogP contribution in [0, 0.1) is 0 Å². The van der Waals surface area contributed by atoms with E-state index in [1.54, 1.807) is 6.07 Å². The molecule has 1 saturated carbocycles. The summed E-state index contributed by atoms with van der Waals surface area (Å²) < 4.78 is 5.89. The van der Waals surface area contributed by atoms with Gasteiger partial charge in [0.2, 0.25) is 0 Å². The number of nitrogens with one attached hydrogen (secondary N) is 2. The van der Waals surface area contributed by atoms with E-state index in [0.717, 1.165) is 23.4 Å². The van der Waals surface area contributed by atoms with Crippen LogP contribution in [-0.4, -0.2) is 16.0 Å². The monoisotopic (exact) mass is 283 g/mol. The molecule has 0 saturated heterocycles. The number of aromatic amines is 1. The van der Waals surface area contributed by atoms with Crippen molar-refractivity contribution >= 4 is 0 Å². The minimum Gasteiger partial charge on any atom is -0.482 e. The Hall–Kier alpha value is -2.14. The second-order valence-corrected chi connectivity index (χ2v) is 5.70. The SMILES string of the molecule is O=c1cc(CNC2CC2)nc(C2Cc3ccccc3O2)[nH]1. The van der Waals surface area contributed by atoms with Crippen molar-refractivity contribution in [2.45, 2.75) is 38.0 Å². The lowest BCUT2D eigenvalue weighted by Gasteiger charge is -2.11. The molecule has 2 aromatic rings. The molecule has 5 nitrogen and oxygen atoms in total. The predicted octanol–water partition coefficient (Wildman–Crippen LogP) is 1.70. The first kappa shape index (κ1) is 12.6. The predicted molar refractivity (Wildman–Crippen MR) is 78.2 cm³/mol. The highest BCUT2D eigenvalue weighted by Gasteiger charge is 2.26. The van der Waals surface area contributed by atoms with E-state index in [0.29, 0.717) is 18.4 Å². The summed E-state index contributed by atoms with van der Waals surface area (Å²) in [5.74, 6) is 1.50. The summed E-state index contributed by atoms with van der Waals surface area (Å²) >= 11 is 0. The summed E-state index contributed by atoms with van der Waals surface area (Å²) in [4.78, 5) is 19.2. The zero-order valence-electron chi connectivity index (χ0n) is 11.6. The Morgan fingerprint density at radius 3 is 3.00 bits per heavy atom. The van der Waals surface area contributed by atoms with Gasteiger partial charge in [0.15, 0.2) is 11.9 Å². The minimum absolute atomic E-state index is 0.118. The molecule has 2 aliphatic rings. The highest BCUT2D eigenvalue weighted by atomic mass is 16.5. The maximum Gasteiger partial charge on any atom is 0.251 e. The highest BCUT2D eigenvalue weighted by molar-refractivity contribution is 5.38. The first-order valence-corrected chi connectivity index (χ1v) is 7.36. The van der Waals surface area contributed by atoms with Gasteiger partial charge in [0.05, 0.1) is 5.69 Å². The maximum absolute atomic E-state index is 11.8. The lowest BCUT2D eigenvalue weighted by atomic mass is 10.1. The first-order chi connectivity index (χ1) is 10.3. The molecule has 1 aromatic carbocycles. The molecule has 0 amide bonds. The molecule has 0 spiro atoms. The van der Waals surface area contributed by atoms with Crippen LogP contribution >= 0.6 is 0 Å². The van der Waals surface area contributed by atoms with Gasteiger partial charge < -0.3 is 15.0 Å². The normalized spacial score (nSPS) is 20.1. The molecule has 1 aliphatic carbocycles. The number of hydrogen-bond donors (Lipinski definition) is 2. The average molecular weight is 283 g/mol. The second-order valence-electron chi connectivity index (χ2n) is 5.70. The summed E-state index contributed by atoms with van der Waals surface area (Å²) in [6, 6.07) is 10.1. The minimum atomic E-state index is -0.198. The first-order valence-electron chi connectivity index (χ1n) is 7.36. The van der Waals surface area contributed by atoms with Crippen LogP contribution < -0.4 is 15.6 Å². The fourth-order valence-corrected chi connectivity index (χ4v) is 2.64. The number of nitrogens with zero attached hydrogens (tertiary/aromatic N) is 1. The van der Waals surface area contributed by atoms with Crippen molar-refractivity contribution in [1.82, 2.24) is 15.3 Å². The van der Waals surface area contributed by atoms with Gasteiger partial charge in [-0.2, -0.15) is 0 Å². The van der Waals surface area contributed by atoms with Crippen LogP contribution in [0.2, 0.25) is 0 Å². The lowest BCUT2D eigenvalue weighted by Crippen LogP contribution is -2.22. The molecule has 2 heterocycles. The standard InChI is InChI=1S/C16H17N3O2/c20-15-8-12(9-17-11-5-6-11)18-16(19-15)14-7-10-3-1-2-4-13(10)21-14/h1-4,8,11,14,17H,5-7,9H2,(H,18,19,20). The molecular formula is C16H17N3O2. The molecule has 1 aromatic heterocycles. The van der Waals surface area contributed by atoms with Crippen LogP contribution in [0.25, 0.3) is 0 Å². The second kappa shape index (κ2) is 5.00. The van der Waals surface area contributed by atoms with E-state index in [1.165, 1.54) is 12.8 Å². The molecule has 108 valence electrons. The Kier molecular flexibility index (Phi) is 3.00. The van der Waals surface area contributed by atoms with Gasteiger partial charge in [-0.25, -0.2) is 4.98 Å². The number of fused-ring (bicyclic) bond motifs is 1. The summed E-state index contributed by atoms with van der Waals surface area (Å²) in [5.41, 5.74) is 1.82. The van der Waals surface area contributed by atoms with Crippen LogP contribution in [0.5, 0.6) is 5.75 Å². The number of aromatic nitrogens is 2. The molecule has 4 rings (SSSR count). The fourth-order valence-electron chi connectivity index (χ4n) is 2.64. The van der Waals surface area contributed by atoms with Gasteiger partial charge in [-0.05, 0) is 24.5 Å². The zero-order valence-corrected chi connectivity index (χ0v) is 11.6. The van der Waals surface area contributed by atoms with E-state index in [2.05, 4.69) is 15.3 Å². The van der Waals surface area contributed by atoms with E-state index in [1.807, 2.05) is 24.3 Å². The van der Waals surface area contributed by atoms with Crippen LogP contribution in [0.1, 0.15) is 36.0 Å². The highest BCUT2D eigenvalue weighted by Crippen LogP contribution is 2.34. The largest absolute Gasteiger partial charge is 0.482 e. The third-order valence-electron chi connectivity index (χ3n) is 3.91. The van der Waals surface area contributed by atoms with E-state index < -0.39 is 0 Å². The number of ether oxygens (including phenoxy) is 1. The molecule has 1 aliphatic heterocycles. The Labute approximate surface area is 122 Å². The summed E-state index contributed by atoms with van der Waals surface area (Å²) in [5, 5.41) is 3.38. The molecule has 21 heavy (non-hydrogen) atoms. The van der Waals surface area contributed by atoms with Crippen molar-refractivity contribution in [2.75, 3.05) is 0 Å². The molecule has 0 bridgehead atoms. The molecule has 5 heteroatoms. The van der Waals surface area contributed by atoms with Crippen LogP contribution in [-0.2, 0) is 13.0 Å². The Balaban J connectivity index is 1.56. The van der Waals surface area contributed by atoms with Crippen molar-refractivity contribution in [2.24, 2.45) is 0 Å². The lowest BCUT2D eigenvalue weighted by molar-refractivity contribution is 0.226. The quantitative estimate of drug-likeness (QED) is 0.896. The van der Waals surface area contributed by atoms with Gasteiger partial charge in [-0.3, -0.25) is 4.79 Å². The fraction of sp³-hybridized carbons (Fsp3) is 0.375. The van der Waals surface area contributed by atoms with Crippen molar-refractivity contribution in [3.05, 3.63) is 57.8 Å². The molecule has 0 radical (unpaired) electrons. The summed E-state index contributed by atoms with van der Waals surface area (Å²) in [6.07, 6.45) is 2.99. The number of rotatable bonds is 4. The van der Waals surface area contributed by atoms with E-state index >= 15 is 0 Å². The average Bonchev–Trinajstić information content (AvgIpc) is 3.21. The van der Waals surface area contributed by atoms with Crippen molar-refractivity contribution in [3.63, 3.8) is 0 Å². The van der Waals surface area contributed by atoms with Gasteiger partial charge in [0.1, 0.15) is 5.75 Å². The van der Waals surface area contributed by atoms with Gasteiger partial charge >= 0.3 is 0 Å². The summed E-state index contributed by atoms with van der Waals surface area (Å²) in [6.45, 7) is 0.640. The zero-order chi connectivity index (χ0) is 14.2. The summed E-state index contributed by atoms with van der Waals surface area (Å²) in [7, 11) is 0. The number of H-pyrrole nitrogens is 1. The Morgan fingerprint density at radius 1 is 1.33 bits per heavy atom. The maximum atomic E-state index is 11.8. The number of para-hydroxylation sites is 1. The van der Waals surface area contributed by atoms with Crippen molar-refractivity contribution < 1.29 is 4.74 Å². The third-order valence-corrected chi connectivity index (χ3v) is 3.91. The number of hydrogen-bond acceptors (Lipinski definition) is 4. The van der Waals surface area contributed by atoms with Gasteiger partial charge in [-0.1, -0.05) is 18.2 Å². The van der Waals surface area contributed by atoms with Crippen LogP contribution in [0.4, 0.5) is 0 Å². The third kappa shape index (κ3) is 2.69. The molecule has 1 atom stereocenters. The Bertz CT molecular complexity index is 696. The topological polar surface area (TPSA) is 67.0 Å². The smallest absolute Gasteiger partial charge is 0.251 e. The molecule has 1 unspecified atom stereocenters. The van der Waals surface area contributed by atoms with Gasteiger partial charge in [0, 0.05) is 25.1 Å². The number of benzene rings is 1. The van der Waals surface area contributed by atoms with E-state index in [-0.39, 0.29) is 11.7 Å². The Morgan fingerprint density at radius 2 is 2.19 bits per heavy atom. The van der Waals surface area contributed by atoms with Crippen LogP contribution in [0.15, 0.2) is 35.1 Å². The van der Waals surface area contributed by atoms with E-state index in [4.69, 9.17) is 4.74 Å². The van der Waals surface area contributed by atoms with E-state index in [9.17, 15) is 4.79 Å². The molecule has 2 N–H and O–H groups in total. The van der Waals surface area contributed by atoms with Crippen LogP contribution in [0.3, 0.4) is 0 Å². The molecular weight excluding hydrogens is 266 g/mol.